The maximum Gasteiger partial charge on any atom is 0.168 e. The molecule has 0 amide bonds. The molecule has 2 rings (SSSR count). The highest BCUT2D eigenvalue weighted by atomic mass is 15.3. The first kappa shape index (κ1) is 12.2. The molecule has 2 heterocycles. The van der Waals surface area contributed by atoms with Crippen molar-refractivity contribution >= 4 is 11.6 Å². The molecule has 0 aliphatic carbocycles. The van der Waals surface area contributed by atoms with E-state index in [1.54, 1.807) is 0 Å². The average molecular weight is 238 g/mol. The Balaban J connectivity index is 1.71. The predicted octanol–water partition coefficient (Wildman–Crippen LogP) is -0.0404. The third-order valence-corrected chi connectivity index (χ3v) is 3.17. The third-order valence-electron chi connectivity index (χ3n) is 3.17. The molecule has 1 aliphatic rings. The van der Waals surface area contributed by atoms with Crippen LogP contribution in [-0.4, -0.2) is 66.1 Å². The number of aromatic amines is 1. The molecule has 0 unspecified atom stereocenters. The van der Waals surface area contributed by atoms with Gasteiger partial charge in [0.2, 0.25) is 0 Å². The second kappa shape index (κ2) is 5.37. The van der Waals surface area contributed by atoms with Crippen LogP contribution in [0.1, 0.15) is 5.82 Å². The van der Waals surface area contributed by atoms with Crippen molar-refractivity contribution in [1.82, 2.24) is 19.8 Å². The first-order chi connectivity index (χ1) is 8.15. The monoisotopic (exact) mass is 238 g/mol. The Morgan fingerprint density at radius 1 is 1.35 bits per heavy atom. The van der Waals surface area contributed by atoms with Crippen LogP contribution in [0, 0.1) is 6.92 Å². The number of nitrogens with two attached hydrogens (primary N) is 1. The van der Waals surface area contributed by atoms with Crippen molar-refractivity contribution in [3.8, 4) is 0 Å². The lowest BCUT2D eigenvalue weighted by Gasteiger charge is -2.32. The standard InChI is InChI=1S/C11H22N6/c1-9-14-10(12)11(15-9)13-3-4-17-7-5-16(2)6-8-17/h13H,3-8,12H2,1-2H3,(H,14,15). The van der Waals surface area contributed by atoms with Crippen LogP contribution in [0.15, 0.2) is 0 Å². The molecule has 1 fully saturated rings. The van der Waals surface area contributed by atoms with E-state index in [2.05, 4.69) is 32.1 Å². The van der Waals surface area contributed by atoms with Crippen LogP contribution in [0.4, 0.5) is 11.6 Å². The van der Waals surface area contributed by atoms with Crippen molar-refractivity contribution in [2.24, 2.45) is 0 Å². The molecule has 0 bridgehead atoms. The van der Waals surface area contributed by atoms with Gasteiger partial charge in [0.15, 0.2) is 5.82 Å². The van der Waals surface area contributed by atoms with Crippen LogP contribution in [0.3, 0.4) is 0 Å². The lowest BCUT2D eigenvalue weighted by atomic mass is 10.3. The number of H-pyrrole nitrogens is 1. The lowest BCUT2D eigenvalue weighted by Crippen LogP contribution is -2.45. The molecule has 1 aromatic rings. The Hall–Kier alpha value is -1.27. The minimum Gasteiger partial charge on any atom is -0.382 e. The van der Waals surface area contributed by atoms with E-state index >= 15 is 0 Å². The largest absolute Gasteiger partial charge is 0.382 e. The summed E-state index contributed by atoms with van der Waals surface area (Å²) in [6.07, 6.45) is 0. The van der Waals surface area contributed by atoms with Gasteiger partial charge in [-0.3, -0.25) is 4.90 Å². The first-order valence-electron chi connectivity index (χ1n) is 6.12. The zero-order chi connectivity index (χ0) is 12.3. The van der Waals surface area contributed by atoms with E-state index in [0.717, 1.165) is 50.9 Å². The van der Waals surface area contributed by atoms with Crippen molar-refractivity contribution in [3.63, 3.8) is 0 Å². The fraction of sp³-hybridized carbons (Fsp3) is 0.727. The van der Waals surface area contributed by atoms with Crippen molar-refractivity contribution < 1.29 is 0 Å². The fourth-order valence-corrected chi connectivity index (χ4v) is 2.05. The average Bonchev–Trinajstić information content (AvgIpc) is 2.60. The Bertz CT molecular complexity index is 353. The molecule has 17 heavy (non-hydrogen) atoms. The zero-order valence-corrected chi connectivity index (χ0v) is 10.7. The second-order valence-corrected chi connectivity index (χ2v) is 4.66. The molecule has 0 radical (unpaired) electrons. The maximum atomic E-state index is 5.78. The number of aryl methyl sites for hydroxylation is 1. The molecule has 4 N–H and O–H groups in total. The summed E-state index contributed by atoms with van der Waals surface area (Å²) in [6, 6.07) is 0. The molecule has 6 heteroatoms. The van der Waals surface area contributed by atoms with Crippen LogP contribution in [0.2, 0.25) is 0 Å². The van der Waals surface area contributed by atoms with E-state index in [-0.39, 0.29) is 0 Å². The molecular formula is C11H22N6. The van der Waals surface area contributed by atoms with Crippen LogP contribution in [0.25, 0.3) is 0 Å². The van der Waals surface area contributed by atoms with Gasteiger partial charge in [-0.2, -0.15) is 0 Å². The van der Waals surface area contributed by atoms with Crippen molar-refractivity contribution in [2.75, 3.05) is 57.4 Å². The molecular weight excluding hydrogens is 216 g/mol. The summed E-state index contributed by atoms with van der Waals surface area (Å²) in [4.78, 5) is 12.1. The molecule has 96 valence electrons. The number of hydrogen-bond acceptors (Lipinski definition) is 5. The Labute approximate surface area is 102 Å². The number of nitrogens with zero attached hydrogens (tertiary/aromatic N) is 3. The van der Waals surface area contributed by atoms with E-state index < -0.39 is 0 Å². The molecule has 1 saturated heterocycles. The summed E-state index contributed by atoms with van der Waals surface area (Å²) in [5.41, 5.74) is 5.78. The topological polar surface area (TPSA) is 73.2 Å². The van der Waals surface area contributed by atoms with Gasteiger partial charge in [-0.05, 0) is 14.0 Å². The van der Waals surface area contributed by atoms with Crippen LogP contribution in [0.5, 0.6) is 0 Å². The Morgan fingerprint density at radius 3 is 2.65 bits per heavy atom. The van der Waals surface area contributed by atoms with Gasteiger partial charge in [0, 0.05) is 39.3 Å². The van der Waals surface area contributed by atoms with Crippen LogP contribution >= 0.6 is 0 Å². The van der Waals surface area contributed by atoms with Gasteiger partial charge in [-0.15, -0.1) is 0 Å². The van der Waals surface area contributed by atoms with Crippen molar-refractivity contribution in [1.29, 1.82) is 0 Å². The summed E-state index contributed by atoms with van der Waals surface area (Å²) in [5.74, 6) is 2.25. The highest BCUT2D eigenvalue weighted by molar-refractivity contribution is 5.56. The number of likely N-dealkylation sites (N-methyl/N-ethyl adjacent to an activating group) is 1. The van der Waals surface area contributed by atoms with Gasteiger partial charge in [0.25, 0.3) is 0 Å². The van der Waals surface area contributed by atoms with Gasteiger partial charge in [0.1, 0.15) is 11.6 Å². The number of nitrogen functional groups attached to an aromatic ring is 1. The summed E-state index contributed by atoms with van der Waals surface area (Å²) in [5, 5.41) is 3.27. The second-order valence-electron chi connectivity index (χ2n) is 4.66. The summed E-state index contributed by atoms with van der Waals surface area (Å²) >= 11 is 0. The normalized spacial score (nSPS) is 18.5. The van der Waals surface area contributed by atoms with E-state index in [4.69, 9.17) is 5.73 Å². The smallest absolute Gasteiger partial charge is 0.168 e. The summed E-state index contributed by atoms with van der Waals surface area (Å²) in [6.45, 7) is 8.44. The molecule has 1 aromatic heterocycles. The van der Waals surface area contributed by atoms with E-state index in [9.17, 15) is 0 Å². The van der Waals surface area contributed by atoms with Crippen molar-refractivity contribution in [2.45, 2.75) is 6.92 Å². The summed E-state index contributed by atoms with van der Waals surface area (Å²) < 4.78 is 0. The number of hydrogen-bond donors (Lipinski definition) is 3. The predicted molar refractivity (Wildman–Crippen MR) is 70.2 cm³/mol. The van der Waals surface area contributed by atoms with Gasteiger partial charge < -0.3 is 20.9 Å². The van der Waals surface area contributed by atoms with Gasteiger partial charge in [-0.1, -0.05) is 0 Å². The molecule has 0 saturated carbocycles. The van der Waals surface area contributed by atoms with Gasteiger partial charge in [0.05, 0.1) is 0 Å². The zero-order valence-electron chi connectivity index (χ0n) is 10.7. The number of piperazine rings is 1. The number of imidazole rings is 1. The molecule has 1 aliphatic heterocycles. The van der Waals surface area contributed by atoms with Gasteiger partial charge in [-0.25, -0.2) is 4.98 Å². The molecule has 0 atom stereocenters. The van der Waals surface area contributed by atoms with E-state index in [0.29, 0.717) is 5.82 Å². The quantitative estimate of drug-likeness (QED) is 0.686. The highest BCUT2D eigenvalue weighted by Crippen LogP contribution is 2.13. The first-order valence-corrected chi connectivity index (χ1v) is 6.12. The van der Waals surface area contributed by atoms with Crippen LogP contribution < -0.4 is 11.1 Å². The summed E-state index contributed by atoms with van der Waals surface area (Å²) in [7, 11) is 2.17. The Morgan fingerprint density at radius 2 is 2.06 bits per heavy atom. The molecule has 0 aromatic carbocycles. The van der Waals surface area contributed by atoms with Crippen LogP contribution in [-0.2, 0) is 0 Å². The van der Waals surface area contributed by atoms with E-state index in [1.807, 2.05) is 6.92 Å². The fourth-order valence-electron chi connectivity index (χ4n) is 2.05. The number of nitrogens with one attached hydrogen (secondary N) is 2. The third kappa shape index (κ3) is 3.34. The van der Waals surface area contributed by atoms with Gasteiger partial charge >= 0.3 is 0 Å². The minimum absolute atomic E-state index is 0.626. The minimum atomic E-state index is 0.626. The molecule has 0 spiro atoms. The lowest BCUT2D eigenvalue weighted by molar-refractivity contribution is 0.158. The maximum absolute atomic E-state index is 5.78. The van der Waals surface area contributed by atoms with E-state index in [1.165, 1.54) is 0 Å². The molecule has 6 nitrogen and oxygen atoms in total. The number of rotatable bonds is 4. The Kier molecular flexibility index (Phi) is 3.86. The SMILES string of the molecule is Cc1nc(NCCN2CCN(C)CC2)c(N)[nH]1. The number of anilines is 2. The number of aromatic nitrogens is 2. The highest BCUT2D eigenvalue weighted by Gasteiger charge is 2.13. The van der Waals surface area contributed by atoms with Crippen molar-refractivity contribution in [3.05, 3.63) is 5.82 Å².